The van der Waals surface area contributed by atoms with Gasteiger partial charge in [0.05, 0.1) is 27.6 Å². The first-order chi connectivity index (χ1) is 27.9. The molecule has 2 saturated heterocycles. The van der Waals surface area contributed by atoms with Crippen molar-refractivity contribution < 1.29 is 12.9 Å². The molecule has 0 bridgehead atoms. The molecule has 0 unspecified atom stereocenters. The maximum absolute atomic E-state index is 12.9. The summed E-state index contributed by atoms with van der Waals surface area (Å²) >= 11 is 3.54. The van der Waals surface area contributed by atoms with Crippen LogP contribution in [0.1, 0.15) is 157 Å². The van der Waals surface area contributed by atoms with E-state index in [4.69, 9.17) is 14.5 Å². The molecule has 2 fully saturated rings. The highest BCUT2D eigenvalue weighted by atomic mass is 32.2. The Hall–Kier alpha value is -3.22. The fraction of sp³-hybridized carbons (Fsp3) is 0.562. The van der Waals surface area contributed by atoms with Gasteiger partial charge < -0.3 is 9.84 Å². The van der Waals surface area contributed by atoms with E-state index in [0.717, 1.165) is 36.6 Å². The highest BCUT2D eigenvalue weighted by molar-refractivity contribution is 7.89. The third kappa shape index (κ3) is 8.40. The van der Waals surface area contributed by atoms with Gasteiger partial charge in [0.15, 0.2) is 5.76 Å². The van der Waals surface area contributed by atoms with E-state index in [9.17, 15) is 8.42 Å². The molecule has 3 aromatic heterocycles. The summed E-state index contributed by atoms with van der Waals surface area (Å²) in [6, 6.07) is 14.0. The van der Waals surface area contributed by atoms with Crippen LogP contribution in [0.4, 0.5) is 0 Å². The largest absolute Gasteiger partial charge is 0.360 e. The predicted molar refractivity (Wildman–Crippen MR) is 242 cm³/mol. The number of sulfonamides is 1. The van der Waals surface area contributed by atoms with Gasteiger partial charge in [0.1, 0.15) is 4.90 Å². The van der Waals surface area contributed by atoms with Crippen molar-refractivity contribution in [2.24, 2.45) is 0 Å². The molecule has 2 aliphatic heterocycles. The van der Waals surface area contributed by atoms with E-state index in [1.807, 2.05) is 11.3 Å². The summed E-state index contributed by atoms with van der Waals surface area (Å²) in [5.41, 5.74) is 11.5. The fourth-order valence-electron chi connectivity index (χ4n) is 9.80. The number of hydrogen-bond acceptors (Lipinski definition) is 9. The molecule has 5 heterocycles. The minimum absolute atomic E-state index is 0.168. The van der Waals surface area contributed by atoms with Crippen molar-refractivity contribution in [3.8, 4) is 22.5 Å². The smallest absolute Gasteiger partial charge is 0.248 e. The van der Waals surface area contributed by atoms with E-state index in [1.54, 1.807) is 22.6 Å². The summed E-state index contributed by atoms with van der Waals surface area (Å²) < 4.78 is 32.4. The zero-order chi connectivity index (χ0) is 42.0. The Labute approximate surface area is 360 Å². The highest BCUT2D eigenvalue weighted by Gasteiger charge is 2.39. The summed E-state index contributed by atoms with van der Waals surface area (Å²) in [5.74, 6) is 1.26. The van der Waals surface area contributed by atoms with Crippen LogP contribution in [0.2, 0.25) is 0 Å². The van der Waals surface area contributed by atoms with E-state index in [2.05, 4.69) is 113 Å². The second-order valence-electron chi connectivity index (χ2n) is 20.1. The molecule has 0 atom stereocenters. The molecule has 2 aromatic carbocycles. The van der Waals surface area contributed by atoms with Gasteiger partial charge in [0.25, 0.3) is 0 Å². The average molecular weight is 854 g/mol. The Kier molecular flexibility index (Phi) is 11.5. The number of rotatable bonds is 6. The summed E-state index contributed by atoms with van der Waals surface area (Å²) in [7, 11) is -3.56. The minimum atomic E-state index is -3.56. The van der Waals surface area contributed by atoms with Crippen LogP contribution in [0, 0.1) is 6.92 Å². The lowest BCUT2D eigenvalue weighted by Gasteiger charge is -2.42. The monoisotopic (exact) mass is 853 g/mol. The Morgan fingerprint density at radius 3 is 1.54 bits per heavy atom. The topological polar surface area (TPSA) is 101 Å². The van der Waals surface area contributed by atoms with Crippen LogP contribution < -0.4 is 5.32 Å². The van der Waals surface area contributed by atoms with Crippen LogP contribution in [-0.4, -0.2) is 54.0 Å². The Morgan fingerprint density at radius 2 is 1.10 bits per heavy atom. The number of fused-ring (bicyclic) bond motifs is 2. The molecule has 4 aliphatic rings. The van der Waals surface area contributed by atoms with Crippen molar-refractivity contribution in [3.05, 3.63) is 91.4 Å². The molecule has 8 nitrogen and oxygen atoms in total. The molecule has 0 amide bonds. The van der Waals surface area contributed by atoms with Gasteiger partial charge in [0, 0.05) is 46.8 Å². The number of aryl methyl sites for hydroxylation is 1. The standard InChI is InChI=1S/C26H33N3O3S2.C22H30N2S/c1-17-23(15-27-32-17)34(30,31)29-12-8-18(9-13-29)24-28-22(16-33-24)19-6-7-20-21(14-19)26(4,5)11-10-25(20,2)3;1-21(2)9-10-22(3,4)18-13-16(5-6-17(18)21)19-14-25-20(24-19)15-7-11-23-12-8-15/h6-7,14-16,18H,8-13H2,1-5H3;5-6,13-15,23H,7-12H2,1-4H3. The number of aromatic nitrogens is 3. The van der Waals surface area contributed by atoms with E-state index >= 15 is 0 Å². The SMILES string of the molecule is CC1(C)CCC(C)(C)c2cc(-c3csc(C4CCNCC4)n3)ccc21.Cc1oncc1S(=O)(=O)N1CCC(c2nc(-c3ccc4c(c3)C(C)(C)CCC4(C)C)cs2)CC1. The van der Waals surface area contributed by atoms with Crippen LogP contribution in [0.3, 0.4) is 0 Å². The number of benzene rings is 2. The summed E-state index contributed by atoms with van der Waals surface area (Å²) in [5, 5.41) is 13.9. The molecule has 11 heteroatoms. The molecule has 2 aliphatic carbocycles. The first-order valence-corrected chi connectivity index (χ1v) is 24.9. The maximum atomic E-state index is 12.9. The lowest BCUT2D eigenvalue weighted by atomic mass is 9.63. The lowest BCUT2D eigenvalue weighted by Crippen LogP contribution is -2.38. The lowest BCUT2D eigenvalue weighted by molar-refractivity contribution is 0.318. The molecule has 5 aromatic rings. The zero-order valence-electron chi connectivity index (χ0n) is 36.6. The van der Waals surface area contributed by atoms with Crippen molar-refractivity contribution in [1.82, 2.24) is 24.7 Å². The predicted octanol–water partition coefficient (Wildman–Crippen LogP) is 11.6. The Balaban J connectivity index is 0.000000172. The highest BCUT2D eigenvalue weighted by Crippen LogP contribution is 2.48. The van der Waals surface area contributed by atoms with Gasteiger partial charge >= 0.3 is 0 Å². The van der Waals surface area contributed by atoms with E-state index < -0.39 is 10.0 Å². The fourth-order valence-corrected chi connectivity index (χ4v) is 13.3. The van der Waals surface area contributed by atoms with E-state index in [0.29, 0.717) is 24.8 Å². The van der Waals surface area contributed by atoms with Crippen molar-refractivity contribution in [3.63, 3.8) is 0 Å². The average Bonchev–Trinajstić information content (AvgIpc) is 4.01. The molecular formula is C48H63N5O3S3. The summed E-state index contributed by atoms with van der Waals surface area (Å²) in [6.07, 6.45) is 10.2. The van der Waals surface area contributed by atoms with Crippen LogP contribution in [0.5, 0.6) is 0 Å². The van der Waals surface area contributed by atoms with Crippen LogP contribution in [0.25, 0.3) is 22.5 Å². The molecule has 0 saturated carbocycles. The van der Waals surface area contributed by atoms with Crippen LogP contribution in [-0.2, 0) is 31.7 Å². The third-order valence-electron chi connectivity index (χ3n) is 14.2. The van der Waals surface area contributed by atoms with Gasteiger partial charge in [0.2, 0.25) is 10.0 Å². The molecule has 59 heavy (non-hydrogen) atoms. The van der Waals surface area contributed by atoms with Crippen molar-refractivity contribution in [1.29, 1.82) is 0 Å². The number of nitrogens with one attached hydrogen (secondary N) is 1. The molecule has 9 rings (SSSR count). The van der Waals surface area contributed by atoms with E-state index in [1.165, 1.54) is 88.8 Å². The normalized spacial score (nSPS) is 21.6. The summed E-state index contributed by atoms with van der Waals surface area (Å²) in [6.45, 7) is 23.8. The zero-order valence-corrected chi connectivity index (χ0v) is 39.0. The second-order valence-corrected chi connectivity index (χ2v) is 23.8. The Bertz CT molecular complexity index is 2410. The van der Waals surface area contributed by atoms with E-state index in [-0.39, 0.29) is 32.5 Å². The van der Waals surface area contributed by atoms with Gasteiger partial charge in [-0.25, -0.2) is 18.4 Å². The quantitative estimate of drug-likeness (QED) is 0.181. The molecule has 316 valence electrons. The summed E-state index contributed by atoms with van der Waals surface area (Å²) in [4.78, 5) is 10.2. The van der Waals surface area contributed by atoms with Crippen molar-refractivity contribution in [2.45, 2.75) is 152 Å². The van der Waals surface area contributed by atoms with Gasteiger partial charge in [-0.2, -0.15) is 4.31 Å². The van der Waals surface area contributed by atoms with Crippen LogP contribution in [0.15, 0.2) is 62.8 Å². The van der Waals surface area contributed by atoms with Gasteiger partial charge in [-0.05, 0) is 127 Å². The van der Waals surface area contributed by atoms with Gasteiger partial charge in [-0.1, -0.05) is 84.8 Å². The minimum Gasteiger partial charge on any atom is -0.360 e. The first-order valence-electron chi connectivity index (χ1n) is 21.7. The third-order valence-corrected chi connectivity index (χ3v) is 18.2. The van der Waals surface area contributed by atoms with Gasteiger partial charge in [-0.15, -0.1) is 22.7 Å². The van der Waals surface area contributed by atoms with Crippen molar-refractivity contribution >= 4 is 32.7 Å². The molecule has 0 spiro atoms. The Morgan fingerprint density at radius 1 is 0.661 bits per heavy atom. The van der Waals surface area contributed by atoms with Crippen LogP contribution >= 0.6 is 22.7 Å². The number of thiazole rings is 2. The molecule has 0 radical (unpaired) electrons. The molecular weight excluding hydrogens is 791 g/mol. The maximum Gasteiger partial charge on any atom is 0.248 e. The van der Waals surface area contributed by atoms with Gasteiger partial charge in [-0.3, -0.25) is 0 Å². The molecule has 1 N–H and O–H groups in total. The van der Waals surface area contributed by atoms with Crippen molar-refractivity contribution in [2.75, 3.05) is 26.2 Å². The number of piperidine rings is 2. The number of nitrogens with zero attached hydrogens (tertiary/aromatic N) is 4. The second kappa shape index (κ2) is 15.9. The first kappa shape index (κ1) is 42.5. The number of hydrogen-bond donors (Lipinski definition) is 1.